The highest BCUT2D eigenvalue weighted by atomic mass is 32.2. The fraction of sp³-hybridized carbons (Fsp3) is 0.444. The van der Waals surface area contributed by atoms with Gasteiger partial charge in [-0.2, -0.15) is 4.68 Å². The van der Waals surface area contributed by atoms with Crippen molar-refractivity contribution in [2.75, 3.05) is 0 Å². The van der Waals surface area contributed by atoms with Crippen molar-refractivity contribution in [3.8, 4) is 5.69 Å². The molecule has 1 heterocycles. The standard InChI is InChI=1S/C18H20N4OS/c1-17(2)14-9-10-18(17,3)15(23)13(14)11-24-16-19-20-21-22(16)12-7-5-4-6-8-12/h4-8,11,14H,9-10H2,1-3H3/b13-11+/t14-,18+/m0/s1. The van der Waals surface area contributed by atoms with Gasteiger partial charge in [-0.3, -0.25) is 4.79 Å². The number of aromatic nitrogens is 4. The zero-order chi connectivity index (χ0) is 16.9. The third-order valence-electron chi connectivity index (χ3n) is 6.10. The van der Waals surface area contributed by atoms with Gasteiger partial charge in [0.1, 0.15) is 0 Å². The average Bonchev–Trinajstić information content (AvgIpc) is 3.17. The smallest absolute Gasteiger partial charge is 0.218 e. The molecule has 2 atom stereocenters. The molecule has 2 fully saturated rings. The lowest BCUT2D eigenvalue weighted by molar-refractivity contribution is -0.125. The molecule has 1 aromatic carbocycles. The van der Waals surface area contributed by atoms with E-state index in [1.165, 1.54) is 11.8 Å². The summed E-state index contributed by atoms with van der Waals surface area (Å²) in [5.41, 5.74) is 1.66. The quantitative estimate of drug-likeness (QED) is 0.630. The number of hydrogen-bond acceptors (Lipinski definition) is 5. The predicted octanol–water partition coefficient (Wildman–Crippen LogP) is 3.66. The third-order valence-corrected chi connectivity index (χ3v) is 6.94. The number of rotatable bonds is 3. The van der Waals surface area contributed by atoms with E-state index in [0.717, 1.165) is 24.1 Å². The highest BCUT2D eigenvalue weighted by molar-refractivity contribution is 8.02. The Morgan fingerprint density at radius 2 is 2.00 bits per heavy atom. The molecule has 2 bridgehead atoms. The van der Waals surface area contributed by atoms with E-state index in [4.69, 9.17) is 0 Å². The van der Waals surface area contributed by atoms with Gasteiger partial charge < -0.3 is 0 Å². The summed E-state index contributed by atoms with van der Waals surface area (Å²) in [6.07, 6.45) is 2.08. The van der Waals surface area contributed by atoms with Gasteiger partial charge in [0, 0.05) is 11.0 Å². The molecular formula is C18H20N4OS. The molecule has 2 aliphatic carbocycles. The maximum Gasteiger partial charge on any atom is 0.218 e. The number of fused-ring (bicyclic) bond motifs is 2. The third kappa shape index (κ3) is 2.02. The maximum atomic E-state index is 12.9. The average molecular weight is 340 g/mol. The van der Waals surface area contributed by atoms with Gasteiger partial charge in [0.25, 0.3) is 0 Å². The minimum atomic E-state index is -0.227. The van der Waals surface area contributed by atoms with Crippen molar-refractivity contribution < 1.29 is 4.79 Å². The number of thioether (sulfide) groups is 1. The minimum absolute atomic E-state index is 0.0296. The van der Waals surface area contributed by atoms with Crippen LogP contribution in [-0.4, -0.2) is 26.0 Å². The molecular weight excluding hydrogens is 320 g/mol. The number of ketones is 1. The number of carbonyl (C=O) groups is 1. The fourth-order valence-corrected chi connectivity index (χ4v) is 4.99. The van der Waals surface area contributed by atoms with Gasteiger partial charge in [-0.05, 0) is 52.1 Å². The molecule has 0 radical (unpaired) electrons. The molecule has 2 aliphatic rings. The topological polar surface area (TPSA) is 60.7 Å². The largest absolute Gasteiger partial charge is 0.294 e. The number of carbonyl (C=O) groups excluding carboxylic acids is 1. The van der Waals surface area contributed by atoms with Gasteiger partial charge in [-0.25, -0.2) is 0 Å². The number of Topliss-reactive ketones (excluding diaryl/α,β-unsaturated/α-hetero) is 1. The number of tetrazole rings is 1. The van der Waals surface area contributed by atoms with Crippen molar-refractivity contribution in [3.05, 3.63) is 41.3 Å². The summed E-state index contributed by atoms with van der Waals surface area (Å²) in [4.78, 5) is 12.9. The number of para-hydroxylation sites is 1. The normalized spacial score (nSPS) is 29.5. The van der Waals surface area contributed by atoms with Crippen LogP contribution in [0.1, 0.15) is 33.6 Å². The van der Waals surface area contributed by atoms with Crippen LogP contribution in [0.5, 0.6) is 0 Å². The zero-order valence-corrected chi connectivity index (χ0v) is 14.9. The Kier molecular flexibility index (Phi) is 3.42. The maximum absolute atomic E-state index is 12.9. The Morgan fingerprint density at radius 1 is 1.25 bits per heavy atom. The van der Waals surface area contributed by atoms with E-state index in [-0.39, 0.29) is 10.8 Å². The van der Waals surface area contributed by atoms with Gasteiger partial charge in [0.2, 0.25) is 5.16 Å². The lowest BCUT2D eigenvalue weighted by Crippen LogP contribution is -2.32. The van der Waals surface area contributed by atoms with E-state index in [1.54, 1.807) is 4.68 Å². The van der Waals surface area contributed by atoms with Crippen LogP contribution in [0.25, 0.3) is 5.69 Å². The molecule has 0 N–H and O–H groups in total. The first-order valence-electron chi connectivity index (χ1n) is 8.20. The first kappa shape index (κ1) is 15.6. The highest BCUT2D eigenvalue weighted by Gasteiger charge is 2.63. The molecule has 0 unspecified atom stereocenters. The summed E-state index contributed by atoms with van der Waals surface area (Å²) >= 11 is 1.43. The van der Waals surface area contributed by atoms with E-state index in [1.807, 2.05) is 35.7 Å². The second kappa shape index (κ2) is 5.28. The SMILES string of the molecule is CC1(C)[C@H]2CC[C@]1(C)C(=O)/C2=C/Sc1nnnn1-c1ccccc1. The first-order valence-corrected chi connectivity index (χ1v) is 9.08. The summed E-state index contributed by atoms with van der Waals surface area (Å²) in [6.45, 7) is 6.57. The molecule has 0 amide bonds. The monoisotopic (exact) mass is 340 g/mol. The summed E-state index contributed by atoms with van der Waals surface area (Å²) in [5, 5.41) is 14.6. The second-order valence-electron chi connectivity index (χ2n) is 7.37. The summed E-state index contributed by atoms with van der Waals surface area (Å²) < 4.78 is 1.70. The molecule has 0 saturated heterocycles. The second-order valence-corrected chi connectivity index (χ2v) is 8.21. The van der Waals surface area contributed by atoms with Crippen LogP contribution in [0.2, 0.25) is 0 Å². The first-order chi connectivity index (χ1) is 11.4. The van der Waals surface area contributed by atoms with E-state index in [2.05, 4.69) is 36.3 Å². The number of benzene rings is 1. The van der Waals surface area contributed by atoms with Crippen LogP contribution in [0.15, 0.2) is 46.5 Å². The molecule has 5 nitrogen and oxygen atoms in total. The number of allylic oxidation sites excluding steroid dienone is 1. The van der Waals surface area contributed by atoms with E-state index in [0.29, 0.717) is 16.9 Å². The molecule has 0 spiro atoms. The Balaban J connectivity index is 1.64. The van der Waals surface area contributed by atoms with Gasteiger partial charge in [-0.15, -0.1) is 5.10 Å². The zero-order valence-electron chi connectivity index (χ0n) is 14.1. The van der Waals surface area contributed by atoms with Gasteiger partial charge >= 0.3 is 0 Å². The van der Waals surface area contributed by atoms with Crippen LogP contribution in [0.4, 0.5) is 0 Å². The van der Waals surface area contributed by atoms with Crippen LogP contribution < -0.4 is 0 Å². The lowest BCUT2D eigenvalue weighted by atomic mass is 9.70. The van der Waals surface area contributed by atoms with Gasteiger partial charge in [0.15, 0.2) is 5.78 Å². The molecule has 124 valence electrons. The lowest BCUT2D eigenvalue weighted by Gasteiger charge is -2.31. The fourth-order valence-electron chi connectivity index (χ4n) is 4.16. The number of hydrogen-bond donors (Lipinski definition) is 0. The van der Waals surface area contributed by atoms with Crippen LogP contribution in [0.3, 0.4) is 0 Å². The van der Waals surface area contributed by atoms with E-state index < -0.39 is 0 Å². The number of nitrogens with zero attached hydrogens (tertiary/aromatic N) is 4. The Morgan fingerprint density at radius 3 is 2.67 bits per heavy atom. The van der Waals surface area contributed by atoms with Crippen molar-refractivity contribution >= 4 is 17.5 Å². The Bertz CT molecular complexity index is 827. The Labute approximate surface area is 145 Å². The van der Waals surface area contributed by atoms with Crippen LogP contribution in [-0.2, 0) is 4.79 Å². The molecule has 1 aromatic heterocycles. The van der Waals surface area contributed by atoms with Gasteiger partial charge in [-0.1, -0.05) is 50.7 Å². The molecule has 24 heavy (non-hydrogen) atoms. The van der Waals surface area contributed by atoms with Crippen molar-refractivity contribution in [2.45, 2.75) is 38.8 Å². The van der Waals surface area contributed by atoms with Crippen LogP contribution >= 0.6 is 11.8 Å². The van der Waals surface area contributed by atoms with Gasteiger partial charge in [0.05, 0.1) is 5.69 Å². The van der Waals surface area contributed by atoms with Crippen molar-refractivity contribution in [3.63, 3.8) is 0 Å². The van der Waals surface area contributed by atoms with Crippen molar-refractivity contribution in [1.82, 2.24) is 20.2 Å². The minimum Gasteiger partial charge on any atom is -0.294 e. The van der Waals surface area contributed by atoms with Crippen molar-refractivity contribution in [2.24, 2.45) is 16.7 Å². The molecule has 2 aromatic rings. The molecule has 0 aliphatic heterocycles. The summed E-state index contributed by atoms with van der Waals surface area (Å²) in [5.74, 6) is 0.638. The highest BCUT2D eigenvalue weighted by Crippen LogP contribution is 2.65. The summed E-state index contributed by atoms with van der Waals surface area (Å²) in [7, 11) is 0. The van der Waals surface area contributed by atoms with Crippen LogP contribution in [0, 0.1) is 16.7 Å². The van der Waals surface area contributed by atoms with Crippen molar-refractivity contribution in [1.29, 1.82) is 0 Å². The molecule has 6 heteroatoms. The Hall–Kier alpha value is -1.95. The molecule has 4 rings (SSSR count). The summed E-state index contributed by atoms with van der Waals surface area (Å²) in [6, 6.07) is 9.78. The van der Waals surface area contributed by atoms with E-state index >= 15 is 0 Å². The van der Waals surface area contributed by atoms with E-state index in [9.17, 15) is 4.79 Å². The molecule has 2 saturated carbocycles. The predicted molar refractivity (Wildman–Crippen MR) is 92.7 cm³/mol.